The van der Waals surface area contributed by atoms with Crippen LogP contribution in [0.15, 0.2) is 6.20 Å². The molecule has 1 aliphatic rings. The van der Waals surface area contributed by atoms with Crippen LogP contribution in [0.5, 0.6) is 0 Å². The topological polar surface area (TPSA) is 63.2 Å². The molecule has 1 fully saturated rings. The van der Waals surface area contributed by atoms with Gasteiger partial charge in [0.2, 0.25) is 5.91 Å². The third kappa shape index (κ3) is 5.06. The standard InChI is InChI=1S/C14H23N3O2S.2ClH/c1-10-8-16-12(20-10)11(2)17-13(18)14(9-19-3)4-6-15-7-5-14;;/h8,11,15H,4-7,9H2,1-3H3,(H,17,18);2*1H. The molecule has 1 unspecified atom stereocenters. The van der Waals surface area contributed by atoms with Crippen molar-refractivity contribution in [3.8, 4) is 0 Å². The molecule has 1 saturated heterocycles. The van der Waals surface area contributed by atoms with E-state index < -0.39 is 5.41 Å². The van der Waals surface area contributed by atoms with E-state index in [1.54, 1.807) is 18.4 Å². The van der Waals surface area contributed by atoms with E-state index in [1.165, 1.54) is 0 Å². The van der Waals surface area contributed by atoms with Crippen LogP contribution in [0.25, 0.3) is 0 Å². The van der Waals surface area contributed by atoms with Gasteiger partial charge in [0, 0.05) is 18.2 Å². The molecule has 0 saturated carbocycles. The Morgan fingerprint density at radius 3 is 2.64 bits per heavy atom. The summed E-state index contributed by atoms with van der Waals surface area (Å²) in [6, 6.07) is -0.0511. The predicted octanol–water partition coefficient (Wildman–Crippen LogP) is 2.49. The number of ether oxygens (including phenoxy) is 1. The highest BCUT2D eigenvalue weighted by Crippen LogP contribution is 2.30. The highest BCUT2D eigenvalue weighted by Gasteiger charge is 2.40. The van der Waals surface area contributed by atoms with Gasteiger partial charge in [-0.2, -0.15) is 0 Å². The summed E-state index contributed by atoms with van der Waals surface area (Å²) in [7, 11) is 1.66. The molecule has 128 valence electrons. The summed E-state index contributed by atoms with van der Waals surface area (Å²) in [4.78, 5) is 18.2. The quantitative estimate of drug-likeness (QED) is 0.836. The number of nitrogens with zero attached hydrogens (tertiary/aromatic N) is 1. The Kier molecular flexibility index (Phi) is 9.50. The van der Waals surface area contributed by atoms with Crippen LogP contribution in [0.3, 0.4) is 0 Å². The van der Waals surface area contributed by atoms with Gasteiger partial charge in [-0.1, -0.05) is 0 Å². The highest BCUT2D eigenvalue weighted by atomic mass is 35.5. The maximum Gasteiger partial charge on any atom is 0.229 e. The average molecular weight is 370 g/mol. The van der Waals surface area contributed by atoms with E-state index in [2.05, 4.69) is 15.6 Å². The molecule has 1 aromatic heterocycles. The van der Waals surface area contributed by atoms with E-state index >= 15 is 0 Å². The molecule has 22 heavy (non-hydrogen) atoms. The first-order valence-corrected chi connectivity index (χ1v) is 7.82. The molecule has 1 amide bonds. The number of carbonyl (C=O) groups excluding carboxylic acids is 1. The Morgan fingerprint density at radius 2 is 2.14 bits per heavy atom. The number of hydrogen-bond acceptors (Lipinski definition) is 5. The van der Waals surface area contributed by atoms with Crippen molar-refractivity contribution in [2.75, 3.05) is 26.8 Å². The van der Waals surface area contributed by atoms with Crippen LogP contribution in [0.2, 0.25) is 0 Å². The van der Waals surface area contributed by atoms with Crippen molar-refractivity contribution in [2.24, 2.45) is 5.41 Å². The Bertz CT molecular complexity index is 459. The monoisotopic (exact) mass is 369 g/mol. The summed E-state index contributed by atoms with van der Waals surface area (Å²) in [6.07, 6.45) is 3.48. The minimum absolute atomic E-state index is 0. The van der Waals surface area contributed by atoms with Crippen LogP contribution in [-0.4, -0.2) is 37.7 Å². The maximum atomic E-state index is 12.7. The van der Waals surface area contributed by atoms with Crippen LogP contribution in [0.1, 0.15) is 35.7 Å². The van der Waals surface area contributed by atoms with Gasteiger partial charge in [-0.25, -0.2) is 4.98 Å². The fourth-order valence-corrected chi connectivity index (χ4v) is 3.38. The molecule has 0 radical (unpaired) electrons. The fraction of sp³-hybridized carbons (Fsp3) is 0.714. The van der Waals surface area contributed by atoms with E-state index in [4.69, 9.17) is 4.74 Å². The van der Waals surface area contributed by atoms with Crippen molar-refractivity contribution in [3.63, 3.8) is 0 Å². The second-order valence-electron chi connectivity index (χ2n) is 5.47. The van der Waals surface area contributed by atoms with Gasteiger partial charge in [0.15, 0.2) is 0 Å². The number of hydrogen-bond donors (Lipinski definition) is 2. The zero-order valence-electron chi connectivity index (χ0n) is 13.2. The Balaban J connectivity index is 0.00000220. The number of piperidine rings is 1. The normalized spacial score (nSPS) is 17.8. The van der Waals surface area contributed by atoms with Gasteiger partial charge in [0.25, 0.3) is 0 Å². The molecular weight excluding hydrogens is 345 g/mol. The van der Waals surface area contributed by atoms with Crippen LogP contribution >= 0.6 is 36.2 Å². The third-order valence-electron chi connectivity index (χ3n) is 3.82. The summed E-state index contributed by atoms with van der Waals surface area (Å²) in [5.41, 5.74) is -0.402. The second kappa shape index (κ2) is 9.67. The SMILES string of the molecule is COCC1(C(=O)NC(C)c2ncc(C)s2)CCNCC1.Cl.Cl. The van der Waals surface area contributed by atoms with Crippen molar-refractivity contribution >= 4 is 42.1 Å². The number of aromatic nitrogens is 1. The summed E-state index contributed by atoms with van der Waals surface area (Å²) in [6.45, 7) is 6.21. The first-order chi connectivity index (χ1) is 9.57. The molecule has 2 N–H and O–H groups in total. The maximum absolute atomic E-state index is 12.7. The minimum atomic E-state index is -0.402. The van der Waals surface area contributed by atoms with E-state index in [-0.39, 0.29) is 36.8 Å². The van der Waals surface area contributed by atoms with Gasteiger partial charge in [0.1, 0.15) is 5.01 Å². The van der Waals surface area contributed by atoms with Crippen LogP contribution in [0.4, 0.5) is 0 Å². The lowest BCUT2D eigenvalue weighted by molar-refractivity contribution is -0.136. The smallest absolute Gasteiger partial charge is 0.229 e. The lowest BCUT2D eigenvalue weighted by Gasteiger charge is -2.36. The Morgan fingerprint density at radius 1 is 1.50 bits per heavy atom. The molecule has 5 nitrogen and oxygen atoms in total. The lowest BCUT2D eigenvalue weighted by atomic mass is 9.78. The number of methoxy groups -OCH3 is 1. The molecule has 1 aromatic rings. The lowest BCUT2D eigenvalue weighted by Crippen LogP contribution is -2.50. The molecule has 8 heteroatoms. The Hall–Kier alpha value is -0.400. The van der Waals surface area contributed by atoms with Crippen LogP contribution in [0, 0.1) is 12.3 Å². The van der Waals surface area contributed by atoms with Gasteiger partial charge in [0.05, 0.1) is 18.1 Å². The van der Waals surface area contributed by atoms with Gasteiger partial charge < -0.3 is 15.4 Å². The average Bonchev–Trinajstić information content (AvgIpc) is 2.87. The predicted molar refractivity (Wildman–Crippen MR) is 94.3 cm³/mol. The van der Waals surface area contributed by atoms with Gasteiger partial charge in [-0.3, -0.25) is 4.79 Å². The molecule has 0 bridgehead atoms. The molecule has 0 aromatic carbocycles. The fourth-order valence-electron chi connectivity index (χ4n) is 2.60. The zero-order valence-corrected chi connectivity index (χ0v) is 15.6. The number of aryl methyl sites for hydroxylation is 1. The first kappa shape index (κ1) is 21.6. The van der Waals surface area contributed by atoms with Crippen molar-refractivity contribution in [1.29, 1.82) is 0 Å². The van der Waals surface area contributed by atoms with E-state index in [0.29, 0.717) is 6.61 Å². The van der Waals surface area contributed by atoms with E-state index in [9.17, 15) is 4.79 Å². The number of nitrogens with one attached hydrogen (secondary N) is 2. The number of rotatable bonds is 5. The molecule has 0 spiro atoms. The third-order valence-corrected chi connectivity index (χ3v) is 4.92. The van der Waals surface area contributed by atoms with Crippen LogP contribution < -0.4 is 10.6 Å². The molecule has 2 heterocycles. The van der Waals surface area contributed by atoms with E-state index in [1.807, 2.05) is 20.0 Å². The number of carbonyl (C=O) groups is 1. The summed E-state index contributed by atoms with van der Waals surface area (Å²) >= 11 is 1.63. The first-order valence-electron chi connectivity index (χ1n) is 7.00. The number of amides is 1. The van der Waals surface area contributed by atoms with Crippen molar-refractivity contribution in [2.45, 2.75) is 32.7 Å². The summed E-state index contributed by atoms with van der Waals surface area (Å²) in [5.74, 6) is 0.0844. The largest absolute Gasteiger partial charge is 0.384 e. The van der Waals surface area contributed by atoms with Crippen molar-refractivity contribution < 1.29 is 9.53 Å². The number of halogens is 2. The molecule has 1 aliphatic heterocycles. The van der Waals surface area contributed by atoms with Gasteiger partial charge in [-0.05, 0) is 39.8 Å². The van der Waals surface area contributed by atoms with E-state index in [0.717, 1.165) is 35.8 Å². The highest BCUT2D eigenvalue weighted by molar-refractivity contribution is 7.11. The van der Waals surface area contributed by atoms with Crippen molar-refractivity contribution in [3.05, 3.63) is 16.1 Å². The number of thiazole rings is 1. The summed E-state index contributed by atoms with van der Waals surface area (Å²) in [5, 5.41) is 7.36. The summed E-state index contributed by atoms with van der Waals surface area (Å²) < 4.78 is 5.30. The zero-order chi connectivity index (χ0) is 14.6. The minimum Gasteiger partial charge on any atom is -0.384 e. The molecule has 2 rings (SSSR count). The van der Waals surface area contributed by atoms with Crippen molar-refractivity contribution in [1.82, 2.24) is 15.6 Å². The van der Waals surface area contributed by atoms with Crippen LogP contribution in [-0.2, 0) is 9.53 Å². The van der Waals surface area contributed by atoms with Gasteiger partial charge in [-0.15, -0.1) is 36.2 Å². The molecule has 1 atom stereocenters. The Labute approximate surface area is 148 Å². The molecular formula is C14H25Cl2N3O2S. The molecule has 0 aliphatic carbocycles. The second-order valence-corrected chi connectivity index (χ2v) is 6.73. The van der Waals surface area contributed by atoms with Gasteiger partial charge >= 0.3 is 0 Å².